The average molecular weight is 378 g/mol. The molecule has 7 heteroatoms. The van der Waals surface area contributed by atoms with Gasteiger partial charge in [0.1, 0.15) is 11.6 Å². The van der Waals surface area contributed by atoms with Crippen LogP contribution in [-0.4, -0.2) is 26.1 Å². The van der Waals surface area contributed by atoms with Crippen molar-refractivity contribution in [3.63, 3.8) is 0 Å². The minimum absolute atomic E-state index is 0.0435. The summed E-state index contributed by atoms with van der Waals surface area (Å²) >= 11 is 0. The van der Waals surface area contributed by atoms with Crippen molar-refractivity contribution in [2.24, 2.45) is 0 Å². The van der Waals surface area contributed by atoms with Crippen molar-refractivity contribution in [2.45, 2.75) is 26.4 Å². The van der Waals surface area contributed by atoms with Crippen molar-refractivity contribution in [1.82, 2.24) is 20.2 Å². The van der Waals surface area contributed by atoms with Crippen LogP contribution < -0.4 is 0 Å². The second-order valence-electron chi connectivity index (χ2n) is 6.53. The van der Waals surface area contributed by atoms with Crippen LogP contribution in [0.3, 0.4) is 0 Å². The summed E-state index contributed by atoms with van der Waals surface area (Å²) in [5, 5.41) is 7.70. The van der Waals surface area contributed by atoms with Crippen LogP contribution in [0.15, 0.2) is 48.5 Å². The zero-order chi connectivity index (χ0) is 19.5. The highest BCUT2D eigenvalue weighted by atomic mass is 19.1. The number of aryl methyl sites for hydroxylation is 2. The number of hydrogen-bond acceptors (Lipinski definition) is 4. The van der Waals surface area contributed by atoms with E-state index in [1.807, 2.05) is 24.3 Å². The summed E-state index contributed by atoms with van der Waals surface area (Å²) in [4.78, 5) is 19.7. The topological polar surface area (TPSA) is 83.7 Å². The molecular weight excluding hydrogens is 359 g/mol. The first-order valence-electron chi connectivity index (χ1n) is 8.99. The normalized spacial score (nSPS) is 11.1. The number of fused-ring (bicyclic) bond motifs is 1. The van der Waals surface area contributed by atoms with Crippen molar-refractivity contribution in [1.29, 1.82) is 0 Å². The molecule has 2 aromatic heterocycles. The molecule has 28 heavy (non-hydrogen) atoms. The quantitative estimate of drug-likeness (QED) is 0.495. The first-order valence-corrected chi connectivity index (χ1v) is 8.99. The molecule has 0 aliphatic rings. The maximum atomic E-state index is 13.3. The van der Waals surface area contributed by atoms with Gasteiger partial charge in [-0.05, 0) is 54.8 Å². The number of esters is 1. The molecule has 0 fully saturated rings. The number of rotatable bonds is 6. The fraction of sp³-hybridized carbons (Fsp3) is 0.190. The molecule has 0 amide bonds. The number of H-pyrrole nitrogens is 2. The maximum Gasteiger partial charge on any atom is 0.306 e. The lowest BCUT2D eigenvalue weighted by atomic mass is 10.0. The van der Waals surface area contributed by atoms with Crippen LogP contribution in [0.1, 0.15) is 23.6 Å². The maximum absolute atomic E-state index is 13.3. The number of nitrogens with zero attached hydrogens (tertiary/aromatic N) is 2. The molecule has 0 aliphatic carbocycles. The summed E-state index contributed by atoms with van der Waals surface area (Å²) in [6.45, 7) is 1.83. The van der Waals surface area contributed by atoms with E-state index in [0.29, 0.717) is 18.1 Å². The Bertz CT molecular complexity index is 1120. The van der Waals surface area contributed by atoms with Gasteiger partial charge in [-0.2, -0.15) is 5.10 Å². The highest BCUT2D eigenvalue weighted by Crippen LogP contribution is 2.31. The molecule has 2 heterocycles. The van der Waals surface area contributed by atoms with Gasteiger partial charge in [0.2, 0.25) is 0 Å². The van der Waals surface area contributed by atoms with Crippen LogP contribution >= 0.6 is 0 Å². The third kappa shape index (κ3) is 3.78. The van der Waals surface area contributed by atoms with Crippen LogP contribution in [0.2, 0.25) is 0 Å². The smallest absolute Gasteiger partial charge is 0.306 e. The lowest BCUT2D eigenvalue weighted by Gasteiger charge is -2.06. The summed E-state index contributed by atoms with van der Waals surface area (Å²) in [5.41, 5.74) is 3.74. The molecule has 0 radical (unpaired) electrons. The predicted octanol–water partition coefficient (Wildman–Crippen LogP) is 4.08. The van der Waals surface area contributed by atoms with Gasteiger partial charge in [0.15, 0.2) is 12.4 Å². The summed E-state index contributed by atoms with van der Waals surface area (Å²) in [6.07, 6.45) is 0.724. The van der Waals surface area contributed by atoms with Crippen LogP contribution in [-0.2, 0) is 22.6 Å². The molecule has 0 spiro atoms. The Kier molecular flexibility index (Phi) is 4.89. The van der Waals surface area contributed by atoms with Crippen LogP contribution in [0.5, 0.6) is 0 Å². The Morgan fingerprint density at radius 1 is 1.14 bits per heavy atom. The highest BCUT2D eigenvalue weighted by Gasteiger charge is 2.15. The molecule has 2 aromatic carbocycles. The van der Waals surface area contributed by atoms with Crippen molar-refractivity contribution in [3.05, 3.63) is 71.6 Å². The zero-order valence-corrected chi connectivity index (χ0v) is 15.3. The van der Waals surface area contributed by atoms with Gasteiger partial charge >= 0.3 is 5.97 Å². The van der Waals surface area contributed by atoms with E-state index >= 15 is 0 Å². The van der Waals surface area contributed by atoms with Crippen LogP contribution in [0.25, 0.3) is 22.2 Å². The van der Waals surface area contributed by atoms with E-state index in [4.69, 9.17) is 4.74 Å². The van der Waals surface area contributed by atoms with E-state index in [0.717, 1.165) is 27.7 Å². The molecule has 142 valence electrons. The fourth-order valence-electron chi connectivity index (χ4n) is 3.22. The molecule has 0 aliphatic heterocycles. The van der Waals surface area contributed by atoms with Gasteiger partial charge in [0.05, 0.1) is 0 Å². The third-order valence-corrected chi connectivity index (χ3v) is 4.53. The Hall–Kier alpha value is -3.48. The Morgan fingerprint density at radius 3 is 2.68 bits per heavy atom. The molecular formula is C21H19FN4O2. The SMILES string of the molecule is Cc1nc(COC(=O)CCc2c(-c3ccc(F)cc3)[nH]c3ccccc23)n[nH]1. The monoisotopic (exact) mass is 378 g/mol. The second-order valence-corrected chi connectivity index (χ2v) is 6.53. The number of para-hydroxylation sites is 1. The van der Waals surface area contributed by atoms with Crippen molar-refractivity contribution in [2.75, 3.05) is 0 Å². The molecule has 6 nitrogen and oxygen atoms in total. The van der Waals surface area contributed by atoms with Crippen LogP contribution in [0.4, 0.5) is 4.39 Å². The number of aromatic nitrogens is 4. The number of halogens is 1. The van der Waals surface area contributed by atoms with Gasteiger partial charge in [0.25, 0.3) is 0 Å². The number of carbonyl (C=O) groups is 1. The van der Waals surface area contributed by atoms with Gasteiger partial charge in [-0.25, -0.2) is 9.37 Å². The standard InChI is InChI=1S/C21H19FN4O2/c1-13-23-19(26-25-13)12-28-20(27)11-10-17-16-4-2-3-5-18(16)24-21(17)14-6-8-15(22)9-7-14/h2-9,24H,10-12H2,1H3,(H,23,25,26). The Labute approximate surface area is 160 Å². The Morgan fingerprint density at radius 2 is 1.93 bits per heavy atom. The molecule has 4 aromatic rings. The van der Waals surface area contributed by atoms with Gasteiger partial charge in [0, 0.05) is 23.0 Å². The lowest BCUT2D eigenvalue weighted by Crippen LogP contribution is -2.07. The molecule has 0 unspecified atom stereocenters. The van der Waals surface area contributed by atoms with Gasteiger partial charge in [-0.15, -0.1) is 0 Å². The number of hydrogen-bond donors (Lipinski definition) is 2. The van der Waals surface area contributed by atoms with E-state index < -0.39 is 0 Å². The minimum atomic E-state index is -0.321. The van der Waals surface area contributed by atoms with E-state index in [1.165, 1.54) is 12.1 Å². The number of benzene rings is 2. The fourth-order valence-corrected chi connectivity index (χ4v) is 3.22. The average Bonchev–Trinajstić information content (AvgIpc) is 3.28. The summed E-state index contributed by atoms with van der Waals surface area (Å²) in [6, 6.07) is 14.2. The summed E-state index contributed by atoms with van der Waals surface area (Å²) in [5.74, 6) is 0.517. The minimum Gasteiger partial charge on any atom is -0.457 e. The zero-order valence-electron chi connectivity index (χ0n) is 15.3. The van der Waals surface area contributed by atoms with Gasteiger partial charge < -0.3 is 9.72 Å². The summed E-state index contributed by atoms with van der Waals surface area (Å²) in [7, 11) is 0. The van der Waals surface area contributed by atoms with Gasteiger partial charge in [-0.1, -0.05) is 18.2 Å². The first-order chi connectivity index (χ1) is 13.6. The van der Waals surface area contributed by atoms with Crippen LogP contribution in [0, 0.1) is 12.7 Å². The molecule has 0 saturated heterocycles. The number of nitrogens with one attached hydrogen (secondary N) is 2. The third-order valence-electron chi connectivity index (χ3n) is 4.53. The molecule has 0 saturated carbocycles. The second kappa shape index (κ2) is 7.64. The van der Waals surface area contributed by atoms with Crippen molar-refractivity contribution < 1.29 is 13.9 Å². The van der Waals surface area contributed by atoms with E-state index in [1.54, 1.807) is 19.1 Å². The molecule has 0 atom stereocenters. The predicted molar refractivity (Wildman–Crippen MR) is 103 cm³/mol. The molecule has 4 rings (SSSR count). The lowest BCUT2D eigenvalue weighted by molar-refractivity contribution is -0.145. The first kappa shape index (κ1) is 17.9. The number of ether oxygens (including phenoxy) is 1. The largest absolute Gasteiger partial charge is 0.457 e. The van der Waals surface area contributed by atoms with Crippen molar-refractivity contribution >= 4 is 16.9 Å². The highest BCUT2D eigenvalue weighted by molar-refractivity contribution is 5.91. The van der Waals surface area contributed by atoms with E-state index in [9.17, 15) is 9.18 Å². The number of aromatic amines is 2. The summed E-state index contributed by atoms with van der Waals surface area (Å²) < 4.78 is 18.6. The molecule has 0 bridgehead atoms. The molecule has 2 N–H and O–H groups in total. The number of carbonyl (C=O) groups excluding carboxylic acids is 1. The van der Waals surface area contributed by atoms with Gasteiger partial charge in [-0.3, -0.25) is 9.89 Å². The Balaban J connectivity index is 1.53. The van der Waals surface area contributed by atoms with E-state index in [-0.39, 0.29) is 24.8 Å². The van der Waals surface area contributed by atoms with E-state index in [2.05, 4.69) is 20.2 Å². The van der Waals surface area contributed by atoms with Crippen molar-refractivity contribution in [3.8, 4) is 11.3 Å².